The van der Waals surface area contributed by atoms with Crippen LogP contribution in [-0.2, 0) is 0 Å². The summed E-state index contributed by atoms with van der Waals surface area (Å²) in [4.78, 5) is 15.4. The van der Waals surface area contributed by atoms with Crippen molar-refractivity contribution >= 4 is 32.3 Å². The molecule has 0 N–H and O–H groups in total. The summed E-state index contributed by atoms with van der Waals surface area (Å²) in [6, 6.07) is 70.7. The van der Waals surface area contributed by atoms with Crippen molar-refractivity contribution in [3.05, 3.63) is 200 Å². The lowest BCUT2D eigenvalue weighted by atomic mass is 9.96. The van der Waals surface area contributed by atoms with Gasteiger partial charge in [0.2, 0.25) is 0 Å². The van der Waals surface area contributed by atoms with Gasteiger partial charge in [0.1, 0.15) is 0 Å². The van der Waals surface area contributed by atoms with Crippen LogP contribution in [0.15, 0.2) is 200 Å². The molecule has 10 rings (SSSR count). The van der Waals surface area contributed by atoms with E-state index in [0.717, 1.165) is 33.0 Å². The molecule has 0 atom stereocenters. The Morgan fingerprint density at radius 2 is 0.648 bits per heavy atom. The minimum absolute atomic E-state index is 0.635. The summed E-state index contributed by atoms with van der Waals surface area (Å²) >= 11 is 0. The molecule has 0 radical (unpaired) electrons. The summed E-state index contributed by atoms with van der Waals surface area (Å²) < 4.78 is 0. The lowest BCUT2D eigenvalue weighted by Crippen LogP contribution is -2.00. The van der Waals surface area contributed by atoms with Crippen LogP contribution >= 0.6 is 0 Å². The van der Waals surface area contributed by atoms with Gasteiger partial charge in [-0.2, -0.15) is 0 Å². The molecule has 1 aromatic heterocycles. The highest BCUT2D eigenvalue weighted by Gasteiger charge is 2.15. The second kappa shape index (κ2) is 13.4. The molecule has 1 heterocycles. The molecule has 0 aliphatic carbocycles. The number of nitrogens with zero attached hydrogens (tertiary/aromatic N) is 3. The quantitative estimate of drug-likeness (QED) is 0.175. The monoisotopic (exact) mass is 687 g/mol. The topological polar surface area (TPSA) is 38.7 Å². The average Bonchev–Trinajstić information content (AvgIpc) is 3.26. The summed E-state index contributed by atoms with van der Waals surface area (Å²) in [5.74, 6) is 1.91. The summed E-state index contributed by atoms with van der Waals surface area (Å²) in [5.41, 5.74) is 9.92. The molecule has 0 saturated carbocycles. The van der Waals surface area contributed by atoms with Gasteiger partial charge in [0.15, 0.2) is 17.5 Å². The van der Waals surface area contributed by atoms with Crippen LogP contribution in [0, 0.1) is 0 Å². The fourth-order valence-electron chi connectivity index (χ4n) is 7.52. The Balaban J connectivity index is 1.11. The molecule has 3 heteroatoms. The average molecular weight is 688 g/mol. The van der Waals surface area contributed by atoms with E-state index in [4.69, 9.17) is 15.0 Å². The van der Waals surface area contributed by atoms with Crippen LogP contribution < -0.4 is 0 Å². The molecule has 0 saturated heterocycles. The van der Waals surface area contributed by atoms with Gasteiger partial charge >= 0.3 is 0 Å². The normalized spacial score (nSPS) is 11.3. The Morgan fingerprint density at radius 1 is 0.222 bits per heavy atom. The number of aromatic nitrogens is 3. The Morgan fingerprint density at radius 3 is 1.33 bits per heavy atom. The third kappa shape index (κ3) is 5.88. The van der Waals surface area contributed by atoms with Crippen molar-refractivity contribution in [2.45, 2.75) is 0 Å². The molecule has 0 fully saturated rings. The van der Waals surface area contributed by atoms with Crippen molar-refractivity contribution < 1.29 is 0 Å². The van der Waals surface area contributed by atoms with E-state index in [9.17, 15) is 0 Å². The number of fused-ring (bicyclic) bond motifs is 3. The summed E-state index contributed by atoms with van der Waals surface area (Å²) in [5, 5.41) is 7.08. The number of hydrogen-bond donors (Lipinski definition) is 0. The van der Waals surface area contributed by atoms with Crippen LogP contribution in [0.4, 0.5) is 0 Å². The lowest BCUT2D eigenvalue weighted by molar-refractivity contribution is 1.08. The molecular weight excluding hydrogens is 655 g/mol. The maximum Gasteiger partial charge on any atom is 0.164 e. The molecule has 0 spiro atoms. The molecular formula is C51H33N3. The Labute approximate surface area is 313 Å². The Bertz CT molecular complexity index is 2970. The zero-order valence-corrected chi connectivity index (χ0v) is 29.4. The molecule has 0 unspecified atom stereocenters. The first-order chi connectivity index (χ1) is 26.7. The smallest absolute Gasteiger partial charge is 0.164 e. The van der Waals surface area contributed by atoms with E-state index in [1.54, 1.807) is 0 Å². The first-order valence-corrected chi connectivity index (χ1v) is 18.3. The van der Waals surface area contributed by atoms with E-state index < -0.39 is 0 Å². The van der Waals surface area contributed by atoms with E-state index in [1.165, 1.54) is 49.4 Å². The predicted molar refractivity (Wildman–Crippen MR) is 225 cm³/mol. The van der Waals surface area contributed by atoms with Gasteiger partial charge in [0, 0.05) is 16.7 Å². The molecule has 10 aromatic rings. The van der Waals surface area contributed by atoms with Gasteiger partial charge in [0.25, 0.3) is 0 Å². The number of benzene rings is 9. The SMILES string of the molecule is c1ccc(-c2ccc3cc(-c4nc(-c5ccc(-c6cccc7ccccc67)cc5)nc(-c5ccc6cccc(-c7ccccc7)c6c5)n4)ccc3c2)cc1. The van der Waals surface area contributed by atoms with Crippen molar-refractivity contribution in [2.75, 3.05) is 0 Å². The molecule has 0 amide bonds. The first kappa shape index (κ1) is 31.5. The van der Waals surface area contributed by atoms with Gasteiger partial charge in [0.05, 0.1) is 0 Å². The maximum atomic E-state index is 5.16. The molecule has 0 bridgehead atoms. The van der Waals surface area contributed by atoms with Gasteiger partial charge in [-0.25, -0.2) is 15.0 Å². The van der Waals surface area contributed by atoms with Crippen molar-refractivity contribution in [3.63, 3.8) is 0 Å². The Kier molecular flexibility index (Phi) is 7.81. The minimum Gasteiger partial charge on any atom is -0.208 e. The third-order valence-corrected chi connectivity index (χ3v) is 10.3. The Hall–Kier alpha value is -7.23. The maximum absolute atomic E-state index is 5.16. The summed E-state index contributed by atoms with van der Waals surface area (Å²) in [7, 11) is 0. The van der Waals surface area contributed by atoms with E-state index in [2.05, 4.69) is 194 Å². The van der Waals surface area contributed by atoms with Gasteiger partial charge in [-0.1, -0.05) is 182 Å². The molecule has 9 aromatic carbocycles. The zero-order chi connectivity index (χ0) is 35.8. The highest BCUT2D eigenvalue weighted by Crippen LogP contribution is 2.35. The standard InChI is InChI=1S/C51H33N3/c1-3-11-34(12-4-1)40-26-27-42-32-43(30-28-41(42)31-40)50-52-49(39-24-21-38(22-25-39)46-19-9-16-36-15-7-8-18-45(36)46)53-51(54-50)44-29-23-37-17-10-20-47(48(37)33-44)35-13-5-2-6-14-35/h1-33H. The molecule has 252 valence electrons. The van der Waals surface area contributed by atoms with Crippen molar-refractivity contribution in [2.24, 2.45) is 0 Å². The van der Waals surface area contributed by atoms with Crippen LogP contribution in [0.3, 0.4) is 0 Å². The van der Waals surface area contributed by atoms with Gasteiger partial charge in [-0.05, 0) is 83.9 Å². The minimum atomic E-state index is 0.635. The first-order valence-electron chi connectivity index (χ1n) is 18.3. The third-order valence-electron chi connectivity index (χ3n) is 10.3. The molecule has 54 heavy (non-hydrogen) atoms. The van der Waals surface area contributed by atoms with E-state index >= 15 is 0 Å². The predicted octanol–water partition coefficient (Wildman–Crippen LogP) is 13.3. The highest BCUT2D eigenvalue weighted by atomic mass is 15.0. The van der Waals surface area contributed by atoms with E-state index in [-0.39, 0.29) is 0 Å². The van der Waals surface area contributed by atoms with Crippen LogP contribution in [0.5, 0.6) is 0 Å². The lowest BCUT2D eigenvalue weighted by Gasteiger charge is -2.12. The van der Waals surface area contributed by atoms with Gasteiger partial charge < -0.3 is 0 Å². The largest absolute Gasteiger partial charge is 0.208 e. The zero-order valence-electron chi connectivity index (χ0n) is 29.4. The summed E-state index contributed by atoms with van der Waals surface area (Å²) in [6.45, 7) is 0. The van der Waals surface area contributed by atoms with Crippen molar-refractivity contribution in [3.8, 4) is 67.5 Å². The van der Waals surface area contributed by atoms with Crippen LogP contribution in [0.25, 0.3) is 99.9 Å². The summed E-state index contributed by atoms with van der Waals surface area (Å²) in [6.07, 6.45) is 0. The molecule has 0 aliphatic heterocycles. The molecule has 3 nitrogen and oxygen atoms in total. The van der Waals surface area contributed by atoms with Gasteiger partial charge in [-0.3, -0.25) is 0 Å². The fraction of sp³-hybridized carbons (Fsp3) is 0. The second-order valence-corrected chi connectivity index (χ2v) is 13.7. The van der Waals surface area contributed by atoms with Gasteiger partial charge in [-0.15, -0.1) is 0 Å². The van der Waals surface area contributed by atoms with Crippen LogP contribution in [0.1, 0.15) is 0 Å². The molecule has 0 aliphatic rings. The van der Waals surface area contributed by atoms with Crippen molar-refractivity contribution in [1.82, 2.24) is 15.0 Å². The fourth-order valence-corrected chi connectivity index (χ4v) is 7.52. The second-order valence-electron chi connectivity index (χ2n) is 13.7. The van der Waals surface area contributed by atoms with E-state index in [1.807, 2.05) is 6.07 Å². The highest BCUT2D eigenvalue weighted by molar-refractivity contribution is 5.99. The number of hydrogen-bond acceptors (Lipinski definition) is 3. The van der Waals surface area contributed by atoms with Crippen molar-refractivity contribution in [1.29, 1.82) is 0 Å². The van der Waals surface area contributed by atoms with E-state index in [0.29, 0.717) is 17.5 Å². The van der Waals surface area contributed by atoms with Crippen LogP contribution in [0.2, 0.25) is 0 Å². The number of rotatable bonds is 6. The van der Waals surface area contributed by atoms with Crippen LogP contribution in [-0.4, -0.2) is 15.0 Å².